The standard InChI is InChI=1S/C13H10FN5O/c14-8-5-6-11(9(7-8)13(15)17-20)19-12-4-2-1-3-10(12)16-18-19/h1-7,20H,(H2,15,17). The molecule has 3 N–H and O–H groups in total. The lowest BCUT2D eigenvalue weighted by Crippen LogP contribution is -2.17. The first-order chi connectivity index (χ1) is 9.70. The average Bonchev–Trinajstić information content (AvgIpc) is 2.90. The molecule has 0 aliphatic carbocycles. The summed E-state index contributed by atoms with van der Waals surface area (Å²) in [6.07, 6.45) is 0. The van der Waals surface area contributed by atoms with Crippen LogP contribution in [0, 0.1) is 5.82 Å². The van der Waals surface area contributed by atoms with Gasteiger partial charge in [-0.05, 0) is 30.3 Å². The molecule has 7 heteroatoms. The number of rotatable bonds is 2. The Hall–Kier alpha value is -2.96. The first kappa shape index (κ1) is 12.1. The maximum Gasteiger partial charge on any atom is 0.172 e. The maximum atomic E-state index is 13.4. The molecule has 1 aromatic heterocycles. The Morgan fingerprint density at radius 2 is 2.05 bits per heavy atom. The van der Waals surface area contributed by atoms with Gasteiger partial charge in [0, 0.05) is 5.56 Å². The van der Waals surface area contributed by atoms with Gasteiger partial charge in [-0.15, -0.1) is 5.10 Å². The maximum absolute atomic E-state index is 13.4. The quantitative estimate of drug-likeness (QED) is 0.321. The fourth-order valence-electron chi connectivity index (χ4n) is 2.00. The van der Waals surface area contributed by atoms with Gasteiger partial charge in [0.15, 0.2) is 5.84 Å². The van der Waals surface area contributed by atoms with Gasteiger partial charge in [-0.3, -0.25) is 0 Å². The number of hydrogen-bond donors (Lipinski definition) is 2. The summed E-state index contributed by atoms with van der Waals surface area (Å²) in [4.78, 5) is 0. The van der Waals surface area contributed by atoms with Gasteiger partial charge in [0.1, 0.15) is 11.3 Å². The second-order valence-electron chi connectivity index (χ2n) is 4.14. The molecule has 0 atom stereocenters. The molecule has 3 aromatic rings. The Balaban J connectivity index is 2.29. The molecule has 100 valence electrons. The summed E-state index contributed by atoms with van der Waals surface area (Å²) in [7, 11) is 0. The van der Waals surface area contributed by atoms with Crippen molar-refractivity contribution in [2.24, 2.45) is 10.9 Å². The van der Waals surface area contributed by atoms with Crippen molar-refractivity contribution in [3.63, 3.8) is 0 Å². The van der Waals surface area contributed by atoms with E-state index in [-0.39, 0.29) is 11.4 Å². The largest absolute Gasteiger partial charge is 0.409 e. The van der Waals surface area contributed by atoms with E-state index in [1.807, 2.05) is 24.3 Å². The van der Waals surface area contributed by atoms with Crippen LogP contribution in [0.2, 0.25) is 0 Å². The molecule has 3 rings (SSSR count). The van der Waals surface area contributed by atoms with Crippen molar-refractivity contribution in [1.29, 1.82) is 0 Å². The minimum Gasteiger partial charge on any atom is -0.409 e. The monoisotopic (exact) mass is 271 g/mol. The summed E-state index contributed by atoms with van der Waals surface area (Å²) in [5.74, 6) is -0.682. The van der Waals surface area contributed by atoms with Gasteiger partial charge in [-0.25, -0.2) is 9.07 Å². The molecule has 0 bridgehead atoms. The number of nitrogens with zero attached hydrogens (tertiary/aromatic N) is 4. The predicted octanol–water partition coefficient (Wildman–Crippen LogP) is 1.65. The molecular formula is C13H10FN5O. The first-order valence-electron chi connectivity index (χ1n) is 5.79. The Kier molecular flexibility index (Phi) is 2.79. The molecule has 0 unspecified atom stereocenters. The van der Waals surface area contributed by atoms with E-state index < -0.39 is 5.82 Å². The molecule has 0 fully saturated rings. The van der Waals surface area contributed by atoms with E-state index in [1.54, 1.807) is 0 Å². The molecular weight excluding hydrogens is 261 g/mol. The minimum absolute atomic E-state index is 0.195. The summed E-state index contributed by atoms with van der Waals surface area (Å²) < 4.78 is 14.9. The molecule has 0 spiro atoms. The number of para-hydroxylation sites is 1. The van der Waals surface area contributed by atoms with Gasteiger partial charge >= 0.3 is 0 Å². The fraction of sp³-hybridized carbons (Fsp3) is 0. The number of fused-ring (bicyclic) bond motifs is 1. The van der Waals surface area contributed by atoms with Crippen LogP contribution in [0.15, 0.2) is 47.6 Å². The smallest absolute Gasteiger partial charge is 0.172 e. The Bertz CT molecular complexity index is 811. The summed E-state index contributed by atoms with van der Waals surface area (Å²) in [6.45, 7) is 0. The first-order valence-corrected chi connectivity index (χ1v) is 5.79. The molecule has 0 saturated heterocycles. The van der Waals surface area contributed by atoms with Crippen molar-refractivity contribution in [2.45, 2.75) is 0 Å². The number of benzene rings is 2. The average molecular weight is 271 g/mol. The Morgan fingerprint density at radius 1 is 1.25 bits per heavy atom. The van der Waals surface area contributed by atoms with Gasteiger partial charge < -0.3 is 10.9 Å². The van der Waals surface area contributed by atoms with Crippen molar-refractivity contribution in [1.82, 2.24) is 15.0 Å². The molecule has 1 heterocycles. The summed E-state index contributed by atoms with van der Waals surface area (Å²) in [5, 5.41) is 19.8. The lowest BCUT2D eigenvalue weighted by molar-refractivity contribution is 0.318. The Labute approximate surface area is 112 Å². The van der Waals surface area contributed by atoms with Gasteiger partial charge in [0.05, 0.1) is 11.2 Å². The highest BCUT2D eigenvalue weighted by Crippen LogP contribution is 2.20. The van der Waals surface area contributed by atoms with E-state index in [1.165, 1.54) is 22.9 Å². The lowest BCUT2D eigenvalue weighted by atomic mass is 10.1. The number of amidine groups is 1. The number of hydrogen-bond acceptors (Lipinski definition) is 4. The predicted molar refractivity (Wildman–Crippen MR) is 71.3 cm³/mol. The molecule has 0 aliphatic heterocycles. The van der Waals surface area contributed by atoms with Crippen LogP contribution in [-0.4, -0.2) is 26.0 Å². The van der Waals surface area contributed by atoms with Crippen LogP contribution in [0.1, 0.15) is 5.56 Å². The molecule has 6 nitrogen and oxygen atoms in total. The SMILES string of the molecule is NC(=NO)c1cc(F)ccc1-n1nnc2ccccc21. The van der Waals surface area contributed by atoms with Crippen molar-refractivity contribution in [2.75, 3.05) is 0 Å². The third-order valence-corrected chi connectivity index (χ3v) is 2.92. The van der Waals surface area contributed by atoms with E-state index >= 15 is 0 Å². The third kappa shape index (κ3) is 1.85. The van der Waals surface area contributed by atoms with E-state index in [0.29, 0.717) is 11.2 Å². The van der Waals surface area contributed by atoms with E-state index in [2.05, 4.69) is 15.5 Å². The lowest BCUT2D eigenvalue weighted by Gasteiger charge is -2.08. The zero-order valence-corrected chi connectivity index (χ0v) is 10.2. The van der Waals surface area contributed by atoms with Crippen LogP contribution in [0.5, 0.6) is 0 Å². The topological polar surface area (TPSA) is 89.3 Å². The highest BCUT2D eigenvalue weighted by molar-refractivity contribution is 6.00. The molecule has 0 saturated carbocycles. The van der Waals surface area contributed by atoms with Crippen LogP contribution in [-0.2, 0) is 0 Å². The molecule has 2 aromatic carbocycles. The van der Waals surface area contributed by atoms with Gasteiger partial charge in [-0.1, -0.05) is 22.5 Å². The zero-order chi connectivity index (χ0) is 14.1. The second-order valence-corrected chi connectivity index (χ2v) is 4.14. The highest BCUT2D eigenvalue weighted by Gasteiger charge is 2.14. The number of halogens is 1. The summed E-state index contributed by atoms with van der Waals surface area (Å²) >= 11 is 0. The Morgan fingerprint density at radius 3 is 2.85 bits per heavy atom. The summed E-state index contributed by atoms with van der Waals surface area (Å²) in [6, 6.07) is 11.3. The molecule has 0 radical (unpaired) electrons. The number of aromatic nitrogens is 3. The van der Waals surface area contributed by atoms with Gasteiger partial charge in [0.25, 0.3) is 0 Å². The van der Waals surface area contributed by atoms with Crippen LogP contribution in [0.3, 0.4) is 0 Å². The van der Waals surface area contributed by atoms with E-state index in [0.717, 1.165) is 5.52 Å². The normalized spacial score (nSPS) is 11.9. The van der Waals surface area contributed by atoms with Crippen LogP contribution < -0.4 is 5.73 Å². The van der Waals surface area contributed by atoms with Crippen LogP contribution in [0.4, 0.5) is 4.39 Å². The van der Waals surface area contributed by atoms with Crippen molar-refractivity contribution >= 4 is 16.9 Å². The van der Waals surface area contributed by atoms with Crippen molar-refractivity contribution in [3.8, 4) is 5.69 Å². The van der Waals surface area contributed by atoms with E-state index in [9.17, 15) is 4.39 Å². The van der Waals surface area contributed by atoms with E-state index in [4.69, 9.17) is 10.9 Å². The van der Waals surface area contributed by atoms with Crippen LogP contribution in [0.25, 0.3) is 16.7 Å². The zero-order valence-electron chi connectivity index (χ0n) is 10.2. The van der Waals surface area contributed by atoms with Crippen molar-refractivity contribution in [3.05, 3.63) is 53.8 Å². The fourth-order valence-corrected chi connectivity index (χ4v) is 2.00. The van der Waals surface area contributed by atoms with Crippen molar-refractivity contribution < 1.29 is 9.60 Å². The van der Waals surface area contributed by atoms with Gasteiger partial charge in [0.2, 0.25) is 0 Å². The van der Waals surface area contributed by atoms with Gasteiger partial charge in [-0.2, -0.15) is 0 Å². The molecule has 0 aliphatic rings. The summed E-state index contributed by atoms with van der Waals surface area (Å²) in [5.41, 5.74) is 7.75. The third-order valence-electron chi connectivity index (χ3n) is 2.92. The van der Waals surface area contributed by atoms with Crippen LogP contribution >= 0.6 is 0 Å². The second kappa shape index (κ2) is 4.61. The minimum atomic E-state index is -0.486. The number of nitrogens with two attached hydrogens (primary N) is 1. The highest BCUT2D eigenvalue weighted by atomic mass is 19.1. The molecule has 0 amide bonds. The molecule has 20 heavy (non-hydrogen) atoms. The number of oxime groups is 1.